The standard InChI is InChI=1S/C16H17NO4/c1-2-20-16(19)13-7-3-4-8-14(13)17-15(18)10-9-12-6-5-11-21-12/h3-8,11H,2,9-10H2,1H3,(H,17,18). The molecule has 0 aliphatic carbocycles. The van der Waals surface area contributed by atoms with Crippen molar-refractivity contribution in [1.82, 2.24) is 0 Å². The predicted octanol–water partition coefficient (Wildman–Crippen LogP) is 3.03. The molecule has 1 amide bonds. The van der Waals surface area contributed by atoms with Crippen LogP contribution in [0.25, 0.3) is 0 Å². The molecule has 0 aliphatic rings. The first-order chi connectivity index (χ1) is 10.2. The second-order valence-corrected chi connectivity index (χ2v) is 4.39. The Bertz CT molecular complexity index is 604. The Morgan fingerprint density at radius 3 is 2.71 bits per heavy atom. The van der Waals surface area contributed by atoms with Crippen molar-refractivity contribution in [3.05, 3.63) is 54.0 Å². The van der Waals surface area contributed by atoms with Gasteiger partial charge in [0.25, 0.3) is 0 Å². The molecule has 0 aliphatic heterocycles. The number of nitrogens with one attached hydrogen (secondary N) is 1. The topological polar surface area (TPSA) is 68.5 Å². The van der Waals surface area contributed by atoms with Gasteiger partial charge in [-0.15, -0.1) is 0 Å². The molecule has 5 heteroatoms. The fourth-order valence-corrected chi connectivity index (χ4v) is 1.88. The molecule has 110 valence electrons. The molecule has 0 bridgehead atoms. The molecule has 1 aromatic heterocycles. The molecule has 0 unspecified atom stereocenters. The van der Waals surface area contributed by atoms with Crippen LogP contribution in [0.5, 0.6) is 0 Å². The SMILES string of the molecule is CCOC(=O)c1ccccc1NC(=O)CCc1ccco1. The van der Waals surface area contributed by atoms with Crippen molar-refractivity contribution < 1.29 is 18.7 Å². The molecular formula is C16H17NO4. The van der Waals surface area contributed by atoms with Crippen LogP contribution in [0.4, 0.5) is 5.69 Å². The van der Waals surface area contributed by atoms with Crippen molar-refractivity contribution in [3.8, 4) is 0 Å². The fraction of sp³-hybridized carbons (Fsp3) is 0.250. The Labute approximate surface area is 122 Å². The van der Waals surface area contributed by atoms with E-state index in [0.717, 1.165) is 5.76 Å². The maximum Gasteiger partial charge on any atom is 0.340 e. The molecule has 5 nitrogen and oxygen atoms in total. The van der Waals surface area contributed by atoms with Gasteiger partial charge in [-0.1, -0.05) is 12.1 Å². The van der Waals surface area contributed by atoms with Crippen LogP contribution < -0.4 is 5.32 Å². The van der Waals surface area contributed by atoms with E-state index < -0.39 is 5.97 Å². The lowest BCUT2D eigenvalue weighted by Gasteiger charge is -2.10. The molecule has 1 N–H and O–H groups in total. The largest absolute Gasteiger partial charge is 0.469 e. The molecule has 2 aromatic rings. The molecule has 0 atom stereocenters. The zero-order chi connectivity index (χ0) is 15.1. The minimum absolute atomic E-state index is 0.178. The average molecular weight is 287 g/mol. The van der Waals surface area contributed by atoms with Gasteiger partial charge in [-0.2, -0.15) is 0 Å². The second-order valence-electron chi connectivity index (χ2n) is 4.39. The van der Waals surface area contributed by atoms with Gasteiger partial charge in [0.2, 0.25) is 5.91 Å². The van der Waals surface area contributed by atoms with Gasteiger partial charge in [-0.3, -0.25) is 4.79 Å². The van der Waals surface area contributed by atoms with Gasteiger partial charge in [0.05, 0.1) is 24.1 Å². The number of para-hydroxylation sites is 1. The first kappa shape index (κ1) is 14.8. The number of hydrogen-bond donors (Lipinski definition) is 1. The summed E-state index contributed by atoms with van der Waals surface area (Å²) < 4.78 is 10.1. The number of hydrogen-bond acceptors (Lipinski definition) is 4. The van der Waals surface area contributed by atoms with Crippen LogP contribution in [0.3, 0.4) is 0 Å². The van der Waals surface area contributed by atoms with Crippen molar-refractivity contribution in [2.24, 2.45) is 0 Å². The number of anilines is 1. The predicted molar refractivity (Wildman–Crippen MR) is 78.1 cm³/mol. The summed E-state index contributed by atoms with van der Waals surface area (Å²) in [5.74, 6) is 0.131. The van der Waals surface area contributed by atoms with Crippen molar-refractivity contribution in [3.63, 3.8) is 0 Å². The third kappa shape index (κ3) is 4.21. The van der Waals surface area contributed by atoms with E-state index in [-0.39, 0.29) is 12.3 Å². The molecule has 1 aromatic carbocycles. The number of aryl methyl sites for hydroxylation is 1. The van der Waals surface area contributed by atoms with E-state index in [4.69, 9.17) is 9.15 Å². The Morgan fingerprint density at radius 1 is 1.19 bits per heavy atom. The normalized spacial score (nSPS) is 10.1. The first-order valence-corrected chi connectivity index (χ1v) is 6.79. The summed E-state index contributed by atoms with van der Waals surface area (Å²) >= 11 is 0. The van der Waals surface area contributed by atoms with E-state index in [9.17, 15) is 9.59 Å². The highest BCUT2D eigenvalue weighted by molar-refractivity contribution is 6.01. The molecule has 0 radical (unpaired) electrons. The monoisotopic (exact) mass is 287 g/mol. The summed E-state index contributed by atoms with van der Waals surface area (Å²) in [5.41, 5.74) is 0.811. The molecule has 2 rings (SSSR count). The zero-order valence-corrected chi connectivity index (χ0v) is 11.8. The van der Waals surface area contributed by atoms with E-state index in [1.54, 1.807) is 43.5 Å². The van der Waals surface area contributed by atoms with E-state index >= 15 is 0 Å². The molecule has 21 heavy (non-hydrogen) atoms. The summed E-state index contributed by atoms with van der Waals surface area (Å²) in [7, 11) is 0. The summed E-state index contributed by atoms with van der Waals surface area (Å²) in [6.07, 6.45) is 2.37. The van der Waals surface area contributed by atoms with Gasteiger partial charge in [-0.05, 0) is 31.2 Å². The molecule has 1 heterocycles. The van der Waals surface area contributed by atoms with Crippen LogP contribution in [-0.2, 0) is 16.0 Å². The van der Waals surface area contributed by atoms with Crippen LogP contribution in [0.1, 0.15) is 29.5 Å². The van der Waals surface area contributed by atoms with E-state index in [0.29, 0.717) is 24.3 Å². The Morgan fingerprint density at radius 2 is 2.00 bits per heavy atom. The number of ether oxygens (including phenoxy) is 1. The van der Waals surface area contributed by atoms with Gasteiger partial charge in [-0.25, -0.2) is 4.79 Å². The zero-order valence-electron chi connectivity index (χ0n) is 11.8. The lowest BCUT2D eigenvalue weighted by atomic mass is 10.1. The van der Waals surface area contributed by atoms with E-state index in [1.165, 1.54) is 0 Å². The van der Waals surface area contributed by atoms with Gasteiger partial charge in [0.15, 0.2) is 0 Å². The van der Waals surface area contributed by atoms with Crippen LogP contribution in [0.2, 0.25) is 0 Å². The Kier molecular flexibility index (Phi) is 5.15. The van der Waals surface area contributed by atoms with Gasteiger partial charge in [0.1, 0.15) is 5.76 Å². The van der Waals surface area contributed by atoms with Crippen LogP contribution >= 0.6 is 0 Å². The lowest BCUT2D eigenvalue weighted by molar-refractivity contribution is -0.116. The maximum atomic E-state index is 11.9. The van der Waals surface area contributed by atoms with Gasteiger partial charge in [0, 0.05) is 12.8 Å². The number of carbonyl (C=O) groups is 2. The maximum absolute atomic E-state index is 11.9. The lowest BCUT2D eigenvalue weighted by Crippen LogP contribution is -2.16. The Hall–Kier alpha value is -2.56. The van der Waals surface area contributed by atoms with Crippen LogP contribution in [0.15, 0.2) is 47.1 Å². The molecule has 0 spiro atoms. The number of rotatable bonds is 6. The van der Waals surface area contributed by atoms with Crippen molar-refractivity contribution in [2.45, 2.75) is 19.8 Å². The average Bonchev–Trinajstić information content (AvgIpc) is 2.99. The highest BCUT2D eigenvalue weighted by Gasteiger charge is 2.14. The molecule has 0 saturated carbocycles. The van der Waals surface area contributed by atoms with E-state index in [1.807, 2.05) is 6.07 Å². The number of furan rings is 1. The smallest absolute Gasteiger partial charge is 0.340 e. The fourth-order valence-electron chi connectivity index (χ4n) is 1.88. The highest BCUT2D eigenvalue weighted by atomic mass is 16.5. The minimum atomic E-state index is -0.445. The quantitative estimate of drug-likeness (QED) is 0.829. The van der Waals surface area contributed by atoms with Gasteiger partial charge < -0.3 is 14.5 Å². The molecule has 0 saturated heterocycles. The first-order valence-electron chi connectivity index (χ1n) is 6.79. The second kappa shape index (κ2) is 7.28. The number of benzene rings is 1. The van der Waals surface area contributed by atoms with Crippen molar-refractivity contribution in [2.75, 3.05) is 11.9 Å². The summed E-state index contributed by atoms with van der Waals surface area (Å²) in [6, 6.07) is 10.4. The summed E-state index contributed by atoms with van der Waals surface area (Å²) in [5, 5.41) is 2.73. The third-order valence-electron chi connectivity index (χ3n) is 2.88. The summed E-state index contributed by atoms with van der Waals surface area (Å²) in [6.45, 7) is 2.03. The van der Waals surface area contributed by atoms with Crippen molar-refractivity contribution in [1.29, 1.82) is 0 Å². The highest BCUT2D eigenvalue weighted by Crippen LogP contribution is 2.17. The molecular weight excluding hydrogens is 270 g/mol. The number of amides is 1. The van der Waals surface area contributed by atoms with Gasteiger partial charge >= 0.3 is 5.97 Å². The van der Waals surface area contributed by atoms with Crippen LogP contribution in [0, 0.1) is 0 Å². The third-order valence-corrected chi connectivity index (χ3v) is 2.88. The van der Waals surface area contributed by atoms with Crippen LogP contribution in [-0.4, -0.2) is 18.5 Å². The Balaban J connectivity index is 1.98. The summed E-state index contributed by atoms with van der Waals surface area (Å²) in [4.78, 5) is 23.7. The van der Waals surface area contributed by atoms with Crippen molar-refractivity contribution >= 4 is 17.6 Å². The number of carbonyl (C=O) groups excluding carboxylic acids is 2. The van der Waals surface area contributed by atoms with E-state index in [2.05, 4.69) is 5.32 Å². The number of esters is 1. The minimum Gasteiger partial charge on any atom is -0.469 e. The molecule has 0 fully saturated rings.